The van der Waals surface area contributed by atoms with Crippen molar-refractivity contribution >= 4 is 16.8 Å². The van der Waals surface area contributed by atoms with E-state index in [1.165, 1.54) is 10.9 Å². The lowest BCUT2D eigenvalue weighted by Gasteiger charge is -2.18. The summed E-state index contributed by atoms with van der Waals surface area (Å²) in [5, 5.41) is 4.29. The average molecular weight is 436 g/mol. The van der Waals surface area contributed by atoms with Gasteiger partial charge in [-0.25, -0.2) is 4.98 Å². The zero-order valence-electron chi connectivity index (χ0n) is 18.4. The lowest BCUT2D eigenvalue weighted by molar-refractivity contribution is -0.120. The van der Waals surface area contributed by atoms with Crippen LogP contribution in [0.25, 0.3) is 22.4 Å². The molecule has 0 bridgehead atoms. The number of oxazole rings is 1. The molecule has 3 aromatic carbocycles. The van der Waals surface area contributed by atoms with Gasteiger partial charge < -0.3 is 14.7 Å². The first-order valence-corrected chi connectivity index (χ1v) is 11.1. The van der Waals surface area contributed by atoms with E-state index in [1.807, 2.05) is 73.8 Å². The molecular formula is C28H25N3O2. The summed E-state index contributed by atoms with van der Waals surface area (Å²) in [6.45, 7) is 2.34. The Morgan fingerprint density at radius 1 is 0.970 bits per heavy atom. The molecule has 1 amide bonds. The molecule has 2 heterocycles. The van der Waals surface area contributed by atoms with Gasteiger partial charge in [0.1, 0.15) is 5.76 Å². The summed E-state index contributed by atoms with van der Waals surface area (Å²) >= 11 is 0. The van der Waals surface area contributed by atoms with Crippen LogP contribution in [0.1, 0.15) is 28.5 Å². The van der Waals surface area contributed by atoms with Gasteiger partial charge in [0.25, 0.3) is 0 Å². The van der Waals surface area contributed by atoms with Crippen LogP contribution in [0.4, 0.5) is 0 Å². The Bertz CT molecular complexity index is 1370. The molecule has 33 heavy (non-hydrogen) atoms. The smallest absolute Gasteiger partial charge is 0.226 e. The van der Waals surface area contributed by atoms with Crippen molar-refractivity contribution in [2.45, 2.75) is 19.3 Å². The zero-order valence-corrected chi connectivity index (χ0v) is 18.4. The predicted molar refractivity (Wildman–Crippen MR) is 130 cm³/mol. The van der Waals surface area contributed by atoms with Gasteiger partial charge in [-0.3, -0.25) is 4.79 Å². The maximum atomic E-state index is 12.9. The van der Waals surface area contributed by atoms with Crippen LogP contribution >= 0.6 is 0 Å². The van der Waals surface area contributed by atoms with Crippen molar-refractivity contribution in [3.05, 3.63) is 114 Å². The van der Waals surface area contributed by atoms with Crippen molar-refractivity contribution in [2.75, 3.05) is 6.54 Å². The molecular weight excluding hydrogens is 410 g/mol. The van der Waals surface area contributed by atoms with Crippen LogP contribution in [-0.4, -0.2) is 22.4 Å². The number of fused-ring (bicyclic) bond motifs is 1. The highest BCUT2D eigenvalue weighted by molar-refractivity contribution is 5.84. The first-order chi connectivity index (χ1) is 16.2. The molecule has 5 nitrogen and oxygen atoms in total. The molecule has 1 unspecified atom stereocenters. The lowest BCUT2D eigenvalue weighted by Crippen LogP contribution is -2.30. The monoisotopic (exact) mass is 435 g/mol. The van der Waals surface area contributed by atoms with Gasteiger partial charge in [-0.1, -0.05) is 66.7 Å². The maximum absolute atomic E-state index is 12.9. The molecule has 0 aliphatic carbocycles. The van der Waals surface area contributed by atoms with Gasteiger partial charge in [-0.15, -0.1) is 0 Å². The van der Waals surface area contributed by atoms with Crippen molar-refractivity contribution < 1.29 is 9.21 Å². The van der Waals surface area contributed by atoms with Crippen LogP contribution in [0.2, 0.25) is 0 Å². The van der Waals surface area contributed by atoms with E-state index in [2.05, 4.69) is 39.6 Å². The summed E-state index contributed by atoms with van der Waals surface area (Å²) in [7, 11) is 0. The number of carbonyl (C=O) groups excluding carboxylic acids is 1. The third-order valence-electron chi connectivity index (χ3n) is 5.94. The van der Waals surface area contributed by atoms with E-state index in [1.54, 1.807) is 0 Å². The second kappa shape index (κ2) is 9.17. The predicted octanol–water partition coefficient (Wildman–Crippen LogP) is 5.62. The topological polar surface area (TPSA) is 70.9 Å². The van der Waals surface area contributed by atoms with Gasteiger partial charge in [-0.2, -0.15) is 0 Å². The minimum atomic E-state index is -0.0771. The highest BCUT2D eigenvalue weighted by atomic mass is 16.4. The van der Waals surface area contributed by atoms with E-state index in [9.17, 15) is 4.79 Å². The Morgan fingerprint density at radius 3 is 2.45 bits per heavy atom. The quantitative estimate of drug-likeness (QED) is 0.348. The average Bonchev–Trinajstić information content (AvgIpc) is 3.44. The number of amides is 1. The second-order valence-electron chi connectivity index (χ2n) is 8.12. The molecule has 2 N–H and O–H groups in total. The number of hydrogen-bond acceptors (Lipinski definition) is 3. The summed E-state index contributed by atoms with van der Waals surface area (Å²) in [5.74, 6) is 1.16. The van der Waals surface area contributed by atoms with Gasteiger partial charge >= 0.3 is 0 Å². The summed E-state index contributed by atoms with van der Waals surface area (Å²) in [4.78, 5) is 20.8. The van der Waals surface area contributed by atoms with Crippen molar-refractivity contribution in [3.8, 4) is 11.5 Å². The van der Waals surface area contributed by atoms with Crippen LogP contribution in [0.3, 0.4) is 0 Å². The standard InChI is InChI=1S/C28H25N3O2/c1-19-26(31-28(33-19)21-12-6-3-7-13-21)16-27(32)30-17-23(20-10-4-2-5-11-20)24-18-29-25-15-9-8-14-22(24)25/h2-15,18,23,29H,16-17H2,1H3,(H,30,32). The molecule has 5 heteroatoms. The number of aromatic nitrogens is 2. The number of rotatable bonds is 7. The molecule has 0 aliphatic rings. The van der Waals surface area contributed by atoms with Gasteiger partial charge in [0.05, 0.1) is 12.1 Å². The van der Waals surface area contributed by atoms with Crippen LogP contribution in [0.5, 0.6) is 0 Å². The Hall–Kier alpha value is -4.12. The number of benzene rings is 3. The minimum Gasteiger partial charge on any atom is -0.441 e. The Labute approximate surface area is 192 Å². The summed E-state index contributed by atoms with van der Waals surface area (Å²) < 4.78 is 5.81. The van der Waals surface area contributed by atoms with Crippen LogP contribution in [0.15, 0.2) is 95.5 Å². The Kier molecular flexibility index (Phi) is 5.77. The third kappa shape index (κ3) is 4.44. The van der Waals surface area contributed by atoms with Gasteiger partial charge in [0, 0.05) is 35.1 Å². The number of carbonyl (C=O) groups is 1. The molecule has 0 saturated heterocycles. The van der Waals surface area contributed by atoms with Crippen molar-refractivity contribution in [1.29, 1.82) is 0 Å². The Morgan fingerprint density at radius 2 is 1.67 bits per heavy atom. The molecule has 0 radical (unpaired) electrons. The second-order valence-corrected chi connectivity index (χ2v) is 8.12. The summed E-state index contributed by atoms with van der Waals surface area (Å²) in [5.41, 5.74) is 4.98. The molecule has 0 spiro atoms. The number of nitrogens with one attached hydrogen (secondary N) is 2. The number of aryl methyl sites for hydroxylation is 1. The normalized spacial score (nSPS) is 12.0. The first kappa shape index (κ1) is 20.8. The number of hydrogen-bond donors (Lipinski definition) is 2. The zero-order chi connectivity index (χ0) is 22.6. The number of nitrogens with zero attached hydrogens (tertiary/aromatic N) is 1. The van der Waals surface area contributed by atoms with E-state index in [0.29, 0.717) is 23.9 Å². The van der Waals surface area contributed by atoms with Crippen molar-refractivity contribution in [1.82, 2.24) is 15.3 Å². The first-order valence-electron chi connectivity index (χ1n) is 11.1. The van der Waals surface area contributed by atoms with E-state index < -0.39 is 0 Å². The van der Waals surface area contributed by atoms with Crippen LogP contribution in [-0.2, 0) is 11.2 Å². The molecule has 5 aromatic rings. The van der Waals surface area contributed by atoms with E-state index in [-0.39, 0.29) is 18.2 Å². The molecule has 0 saturated carbocycles. The lowest BCUT2D eigenvalue weighted by atomic mass is 9.91. The van der Waals surface area contributed by atoms with Crippen LogP contribution < -0.4 is 5.32 Å². The highest BCUT2D eigenvalue weighted by Crippen LogP contribution is 2.30. The summed E-state index contributed by atoms with van der Waals surface area (Å²) in [6, 6.07) is 28.2. The van der Waals surface area contributed by atoms with Crippen molar-refractivity contribution in [3.63, 3.8) is 0 Å². The fourth-order valence-corrected chi connectivity index (χ4v) is 4.20. The maximum Gasteiger partial charge on any atom is 0.226 e. The molecule has 1 atom stereocenters. The summed E-state index contributed by atoms with van der Waals surface area (Å²) in [6.07, 6.45) is 2.22. The van der Waals surface area contributed by atoms with Crippen molar-refractivity contribution in [2.24, 2.45) is 0 Å². The van der Waals surface area contributed by atoms with E-state index in [0.717, 1.165) is 16.6 Å². The fourth-order valence-electron chi connectivity index (χ4n) is 4.20. The van der Waals surface area contributed by atoms with E-state index in [4.69, 9.17) is 4.42 Å². The van der Waals surface area contributed by atoms with Gasteiger partial charge in [0.2, 0.25) is 11.8 Å². The highest BCUT2D eigenvalue weighted by Gasteiger charge is 2.20. The Balaban J connectivity index is 1.34. The number of aromatic amines is 1. The number of para-hydroxylation sites is 1. The molecule has 2 aromatic heterocycles. The third-order valence-corrected chi connectivity index (χ3v) is 5.94. The SMILES string of the molecule is Cc1oc(-c2ccccc2)nc1CC(=O)NCC(c1ccccc1)c1c[nH]c2ccccc12. The van der Waals surface area contributed by atoms with Gasteiger partial charge in [0.15, 0.2) is 0 Å². The molecule has 0 fully saturated rings. The molecule has 5 rings (SSSR count). The van der Waals surface area contributed by atoms with Gasteiger partial charge in [-0.05, 0) is 36.2 Å². The van der Waals surface area contributed by atoms with E-state index >= 15 is 0 Å². The minimum absolute atomic E-state index is 0.0320. The fraction of sp³-hybridized carbons (Fsp3) is 0.143. The van der Waals surface area contributed by atoms with Crippen LogP contribution in [0, 0.1) is 6.92 Å². The molecule has 164 valence electrons. The molecule has 0 aliphatic heterocycles. The largest absolute Gasteiger partial charge is 0.441 e. The number of H-pyrrole nitrogens is 1.